The van der Waals surface area contributed by atoms with Crippen LogP contribution in [0.3, 0.4) is 0 Å². The summed E-state index contributed by atoms with van der Waals surface area (Å²) in [6, 6.07) is 4.84. The molecule has 1 aromatic carbocycles. The van der Waals surface area contributed by atoms with Crippen LogP contribution >= 0.6 is 0 Å². The zero-order valence-electron chi connectivity index (χ0n) is 15.2. The molecule has 2 aliphatic heterocycles. The summed E-state index contributed by atoms with van der Waals surface area (Å²) in [4.78, 5) is 6.89. The molecule has 1 unspecified atom stereocenters. The van der Waals surface area contributed by atoms with Crippen molar-refractivity contribution >= 4 is 0 Å². The van der Waals surface area contributed by atoms with Crippen LogP contribution in [0.2, 0.25) is 0 Å². The molecular formula is C19H24FN3O3. The monoisotopic (exact) mass is 361 g/mol. The van der Waals surface area contributed by atoms with E-state index in [0.717, 1.165) is 44.7 Å². The van der Waals surface area contributed by atoms with E-state index in [0.29, 0.717) is 23.9 Å². The fourth-order valence-corrected chi connectivity index (χ4v) is 3.71. The second-order valence-electron chi connectivity index (χ2n) is 7.21. The lowest BCUT2D eigenvalue weighted by Crippen LogP contribution is -2.54. The predicted molar refractivity (Wildman–Crippen MR) is 93.2 cm³/mol. The lowest BCUT2D eigenvalue weighted by molar-refractivity contribution is -0.160. The van der Waals surface area contributed by atoms with E-state index in [1.54, 1.807) is 19.1 Å². The molecular weight excluding hydrogens is 337 g/mol. The van der Waals surface area contributed by atoms with Crippen LogP contribution in [0.15, 0.2) is 22.7 Å². The van der Waals surface area contributed by atoms with E-state index in [1.165, 1.54) is 6.07 Å². The number of nitrogens with zero attached hydrogens (tertiary/aromatic N) is 3. The first-order chi connectivity index (χ1) is 12.6. The van der Waals surface area contributed by atoms with Gasteiger partial charge in [-0.3, -0.25) is 4.90 Å². The first-order valence-corrected chi connectivity index (χ1v) is 9.12. The van der Waals surface area contributed by atoms with Crippen LogP contribution in [0.4, 0.5) is 4.39 Å². The van der Waals surface area contributed by atoms with Crippen molar-refractivity contribution in [3.05, 3.63) is 35.5 Å². The van der Waals surface area contributed by atoms with Gasteiger partial charge in [-0.25, -0.2) is 4.39 Å². The Bertz CT molecular complexity index is 768. The van der Waals surface area contributed by atoms with Crippen molar-refractivity contribution < 1.29 is 18.4 Å². The van der Waals surface area contributed by atoms with Crippen LogP contribution in [0, 0.1) is 12.7 Å². The molecule has 4 rings (SSSR count). The third-order valence-corrected chi connectivity index (χ3v) is 5.45. The molecule has 0 bridgehead atoms. The number of benzene rings is 1. The number of ether oxygens (including phenoxy) is 2. The van der Waals surface area contributed by atoms with E-state index in [2.05, 4.69) is 22.0 Å². The molecule has 1 aromatic heterocycles. The zero-order valence-corrected chi connectivity index (χ0v) is 15.2. The maximum atomic E-state index is 13.5. The fraction of sp³-hybridized carbons (Fsp3) is 0.579. The van der Waals surface area contributed by atoms with E-state index in [9.17, 15) is 4.39 Å². The second-order valence-corrected chi connectivity index (χ2v) is 7.21. The molecule has 7 heteroatoms. The Morgan fingerprint density at radius 1 is 1.23 bits per heavy atom. The number of halogens is 1. The van der Waals surface area contributed by atoms with Crippen molar-refractivity contribution in [2.24, 2.45) is 0 Å². The van der Waals surface area contributed by atoms with E-state index >= 15 is 0 Å². The van der Waals surface area contributed by atoms with Gasteiger partial charge in [0, 0.05) is 44.7 Å². The summed E-state index contributed by atoms with van der Waals surface area (Å²) in [5.41, 5.74) is 1.20. The van der Waals surface area contributed by atoms with Crippen molar-refractivity contribution in [2.45, 2.75) is 38.3 Å². The molecule has 1 spiro atoms. The molecule has 2 aromatic rings. The molecule has 1 atom stereocenters. The SMILES string of the molecule is Cc1cc(-c2noc(C(C)N3CCOC4(CCOCC4)C3)n2)ccc1F. The lowest BCUT2D eigenvalue weighted by Gasteiger charge is -2.46. The maximum Gasteiger partial charge on any atom is 0.244 e. The Balaban J connectivity index is 1.50. The number of morpholine rings is 1. The highest BCUT2D eigenvalue weighted by atomic mass is 19.1. The Labute approximate surface area is 152 Å². The molecule has 0 saturated carbocycles. The normalized spacial score (nSPS) is 21.8. The molecule has 2 aliphatic rings. The highest BCUT2D eigenvalue weighted by molar-refractivity contribution is 5.55. The molecule has 3 heterocycles. The molecule has 140 valence electrons. The smallest absolute Gasteiger partial charge is 0.244 e. The average Bonchev–Trinajstić information content (AvgIpc) is 3.14. The topological polar surface area (TPSA) is 60.6 Å². The van der Waals surface area contributed by atoms with Crippen LogP contribution in [0.1, 0.15) is 37.3 Å². The van der Waals surface area contributed by atoms with Gasteiger partial charge in [0.15, 0.2) is 0 Å². The zero-order chi connectivity index (χ0) is 18.1. The summed E-state index contributed by atoms with van der Waals surface area (Å²) in [5, 5.41) is 4.09. The van der Waals surface area contributed by atoms with Gasteiger partial charge in [0.05, 0.1) is 18.2 Å². The second kappa shape index (κ2) is 7.06. The summed E-state index contributed by atoms with van der Waals surface area (Å²) >= 11 is 0. The quantitative estimate of drug-likeness (QED) is 0.837. The van der Waals surface area contributed by atoms with Crippen molar-refractivity contribution in [3.63, 3.8) is 0 Å². The first-order valence-electron chi connectivity index (χ1n) is 9.12. The maximum absolute atomic E-state index is 13.5. The highest BCUT2D eigenvalue weighted by Crippen LogP contribution is 2.33. The van der Waals surface area contributed by atoms with Gasteiger partial charge in [-0.05, 0) is 37.6 Å². The van der Waals surface area contributed by atoms with Crippen LogP contribution in [0.25, 0.3) is 11.4 Å². The molecule has 0 amide bonds. The Kier molecular flexibility index (Phi) is 4.77. The summed E-state index contributed by atoms with van der Waals surface area (Å²) in [6.07, 6.45) is 1.83. The van der Waals surface area contributed by atoms with Gasteiger partial charge in [0.1, 0.15) is 5.82 Å². The summed E-state index contributed by atoms with van der Waals surface area (Å²) in [7, 11) is 0. The minimum atomic E-state index is -0.235. The average molecular weight is 361 g/mol. The third kappa shape index (κ3) is 3.39. The molecule has 0 N–H and O–H groups in total. The fourth-order valence-electron chi connectivity index (χ4n) is 3.71. The van der Waals surface area contributed by atoms with Crippen LogP contribution in [0.5, 0.6) is 0 Å². The number of aromatic nitrogens is 2. The van der Waals surface area contributed by atoms with Gasteiger partial charge in [-0.2, -0.15) is 4.98 Å². The first kappa shape index (κ1) is 17.6. The third-order valence-electron chi connectivity index (χ3n) is 5.45. The van der Waals surface area contributed by atoms with E-state index in [-0.39, 0.29) is 17.5 Å². The van der Waals surface area contributed by atoms with E-state index < -0.39 is 0 Å². The highest BCUT2D eigenvalue weighted by Gasteiger charge is 2.40. The van der Waals surface area contributed by atoms with Gasteiger partial charge in [-0.1, -0.05) is 5.16 Å². The number of rotatable bonds is 3. The van der Waals surface area contributed by atoms with Gasteiger partial charge in [-0.15, -0.1) is 0 Å². The van der Waals surface area contributed by atoms with Crippen LogP contribution < -0.4 is 0 Å². The predicted octanol–water partition coefficient (Wildman–Crippen LogP) is 3.13. The summed E-state index contributed by atoms with van der Waals surface area (Å²) in [5.74, 6) is 0.830. The minimum Gasteiger partial charge on any atom is -0.381 e. The van der Waals surface area contributed by atoms with E-state index in [4.69, 9.17) is 14.0 Å². The molecule has 2 fully saturated rings. The molecule has 26 heavy (non-hydrogen) atoms. The van der Waals surface area contributed by atoms with Gasteiger partial charge < -0.3 is 14.0 Å². The standard InChI is InChI=1S/C19H24FN3O3/c1-13-11-15(3-4-16(13)20)17-21-18(26-22-17)14(2)23-7-10-25-19(12-23)5-8-24-9-6-19/h3-4,11,14H,5-10,12H2,1-2H3. The van der Waals surface area contributed by atoms with Gasteiger partial charge >= 0.3 is 0 Å². The van der Waals surface area contributed by atoms with Crippen molar-refractivity contribution in [1.82, 2.24) is 15.0 Å². The Hall–Kier alpha value is -1.83. The van der Waals surface area contributed by atoms with Crippen molar-refractivity contribution in [3.8, 4) is 11.4 Å². The largest absolute Gasteiger partial charge is 0.381 e. The Morgan fingerprint density at radius 2 is 2.04 bits per heavy atom. The Morgan fingerprint density at radius 3 is 2.81 bits per heavy atom. The molecule has 0 aliphatic carbocycles. The van der Waals surface area contributed by atoms with Crippen LogP contribution in [-0.2, 0) is 9.47 Å². The lowest BCUT2D eigenvalue weighted by atomic mass is 9.91. The number of hydrogen-bond acceptors (Lipinski definition) is 6. The number of aryl methyl sites for hydroxylation is 1. The molecule has 0 radical (unpaired) electrons. The van der Waals surface area contributed by atoms with Crippen molar-refractivity contribution in [2.75, 3.05) is 32.9 Å². The minimum absolute atomic E-state index is 0.00131. The molecule has 2 saturated heterocycles. The summed E-state index contributed by atoms with van der Waals surface area (Å²) < 4.78 is 30.6. The van der Waals surface area contributed by atoms with Gasteiger partial charge in [0.25, 0.3) is 0 Å². The van der Waals surface area contributed by atoms with E-state index in [1.807, 2.05) is 0 Å². The van der Waals surface area contributed by atoms with Gasteiger partial charge in [0.2, 0.25) is 11.7 Å². The molecule has 6 nitrogen and oxygen atoms in total. The van der Waals surface area contributed by atoms with Crippen molar-refractivity contribution in [1.29, 1.82) is 0 Å². The summed E-state index contributed by atoms with van der Waals surface area (Å²) in [6.45, 7) is 7.66. The number of hydrogen-bond donors (Lipinski definition) is 0. The van der Waals surface area contributed by atoms with Crippen LogP contribution in [-0.4, -0.2) is 53.6 Å².